The molecule has 0 fully saturated rings. The molecule has 0 aliphatic rings. The van der Waals surface area contributed by atoms with Gasteiger partial charge in [0.05, 0.1) is 12.7 Å². The van der Waals surface area contributed by atoms with Crippen molar-refractivity contribution < 1.29 is 55.1 Å². The summed E-state index contributed by atoms with van der Waals surface area (Å²) < 4.78 is 80.3. The molecule has 3 aromatic rings. The molecular formula is C22H17F6N3O6. The highest BCUT2D eigenvalue weighted by Crippen LogP contribution is 2.31. The topological polar surface area (TPSA) is 131 Å². The largest absolute Gasteiger partial charge is 0.497 e. The number of ether oxygens (including phenoxy) is 1. The molecule has 0 saturated carbocycles. The molecule has 0 saturated heterocycles. The number of aliphatic carboxylic acids is 1. The molecule has 9 nitrogen and oxygen atoms in total. The molecular weight excluding hydrogens is 516 g/mol. The summed E-state index contributed by atoms with van der Waals surface area (Å²) in [4.78, 5) is 33.7. The van der Waals surface area contributed by atoms with Gasteiger partial charge in [0.15, 0.2) is 5.69 Å². The Bertz CT molecular complexity index is 1290. The molecule has 0 unspecified atom stereocenters. The summed E-state index contributed by atoms with van der Waals surface area (Å²) in [6.07, 6.45) is -9.62. The van der Waals surface area contributed by atoms with Gasteiger partial charge in [0, 0.05) is 29.1 Å². The summed E-state index contributed by atoms with van der Waals surface area (Å²) in [6.45, 7) is 1.63. The highest BCUT2D eigenvalue weighted by Gasteiger charge is 2.38. The number of aryl methyl sites for hydroxylation is 1. The number of methoxy groups -OCH3 is 1. The third kappa shape index (κ3) is 8.55. The first-order chi connectivity index (χ1) is 17.1. The highest BCUT2D eigenvalue weighted by atomic mass is 19.4. The van der Waals surface area contributed by atoms with E-state index < -0.39 is 35.7 Å². The number of alkyl halides is 6. The van der Waals surface area contributed by atoms with Crippen LogP contribution in [-0.4, -0.2) is 41.3 Å². The Morgan fingerprint density at radius 1 is 0.919 bits per heavy atom. The number of rotatable bonds is 5. The standard InChI is InChI=1S/C20H16F3N3O4.C2HF3O2/c1-11-6-17(26-30-11)19(28)25-15-7-12(8-16(10-15)29-2)18(27)24-14-5-3-4-13(9-14)20(21,22)23;3-2(4,5)1(6)7/h3-10H,1-2H3,(H,24,27)(H,25,28);(H,6,7). The number of hydrogen-bond acceptors (Lipinski definition) is 6. The zero-order chi connectivity index (χ0) is 28.0. The van der Waals surface area contributed by atoms with Gasteiger partial charge in [-0.15, -0.1) is 0 Å². The molecule has 0 aliphatic carbocycles. The van der Waals surface area contributed by atoms with E-state index in [1.165, 1.54) is 43.5 Å². The minimum atomic E-state index is -5.08. The molecule has 0 radical (unpaired) electrons. The van der Waals surface area contributed by atoms with E-state index in [0.717, 1.165) is 12.1 Å². The third-order valence-electron chi connectivity index (χ3n) is 4.21. The second kappa shape index (κ2) is 11.5. The molecule has 2 amide bonds. The van der Waals surface area contributed by atoms with E-state index in [1.54, 1.807) is 6.92 Å². The number of anilines is 2. The minimum absolute atomic E-state index is 0.0266. The van der Waals surface area contributed by atoms with Gasteiger partial charge in [-0.1, -0.05) is 11.2 Å². The van der Waals surface area contributed by atoms with E-state index in [4.69, 9.17) is 19.2 Å². The quantitative estimate of drug-likeness (QED) is 0.387. The van der Waals surface area contributed by atoms with Gasteiger partial charge < -0.3 is 25.0 Å². The van der Waals surface area contributed by atoms with Crippen molar-refractivity contribution in [3.8, 4) is 5.75 Å². The molecule has 37 heavy (non-hydrogen) atoms. The van der Waals surface area contributed by atoms with Crippen LogP contribution in [-0.2, 0) is 11.0 Å². The summed E-state index contributed by atoms with van der Waals surface area (Å²) in [5.41, 5.74) is -0.569. The molecule has 2 aromatic carbocycles. The fourth-order valence-electron chi connectivity index (χ4n) is 2.57. The number of carbonyl (C=O) groups excluding carboxylic acids is 2. The number of carboxylic acids is 1. The molecule has 0 atom stereocenters. The predicted molar refractivity (Wildman–Crippen MR) is 115 cm³/mol. The van der Waals surface area contributed by atoms with Crippen molar-refractivity contribution in [2.24, 2.45) is 0 Å². The molecule has 3 N–H and O–H groups in total. The first kappa shape index (κ1) is 28.7. The maximum atomic E-state index is 12.9. The van der Waals surface area contributed by atoms with Crippen LogP contribution in [0.25, 0.3) is 0 Å². The predicted octanol–water partition coefficient (Wildman–Crippen LogP) is 5.15. The van der Waals surface area contributed by atoms with Crippen molar-refractivity contribution in [2.75, 3.05) is 17.7 Å². The van der Waals surface area contributed by atoms with Gasteiger partial charge in [-0.3, -0.25) is 9.59 Å². The van der Waals surface area contributed by atoms with Gasteiger partial charge in [0.25, 0.3) is 11.8 Å². The SMILES string of the molecule is COc1cc(NC(=O)c2cc(C)on2)cc(C(=O)Nc2cccc(C(F)(F)F)c2)c1.O=C(O)C(F)(F)F. The van der Waals surface area contributed by atoms with Crippen LogP contribution in [0.1, 0.15) is 32.2 Å². The Balaban J connectivity index is 0.000000604. The van der Waals surface area contributed by atoms with E-state index in [-0.39, 0.29) is 28.4 Å². The lowest BCUT2D eigenvalue weighted by Crippen LogP contribution is -2.21. The lowest BCUT2D eigenvalue weighted by atomic mass is 10.1. The van der Waals surface area contributed by atoms with Crippen molar-refractivity contribution in [3.05, 3.63) is 71.1 Å². The Kier molecular flexibility index (Phi) is 8.87. The smallest absolute Gasteiger partial charge is 0.490 e. The average molecular weight is 533 g/mol. The molecule has 0 aliphatic heterocycles. The second-order valence-corrected chi connectivity index (χ2v) is 7.06. The number of hydrogen-bond donors (Lipinski definition) is 3. The van der Waals surface area contributed by atoms with Crippen molar-refractivity contribution in [3.63, 3.8) is 0 Å². The van der Waals surface area contributed by atoms with E-state index >= 15 is 0 Å². The lowest BCUT2D eigenvalue weighted by molar-refractivity contribution is -0.192. The summed E-state index contributed by atoms with van der Waals surface area (Å²) in [5, 5.41) is 15.7. The molecule has 198 valence electrons. The van der Waals surface area contributed by atoms with E-state index in [1.807, 2.05) is 0 Å². The molecule has 0 bridgehead atoms. The summed E-state index contributed by atoms with van der Waals surface area (Å²) in [5.74, 6) is -3.29. The van der Waals surface area contributed by atoms with Crippen LogP contribution in [0.15, 0.2) is 53.1 Å². The van der Waals surface area contributed by atoms with Crippen LogP contribution in [0, 0.1) is 6.92 Å². The zero-order valence-corrected chi connectivity index (χ0v) is 18.8. The van der Waals surface area contributed by atoms with Crippen LogP contribution >= 0.6 is 0 Å². The Hall–Kier alpha value is -4.56. The van der Waals surface area contributed by atoms with Gasteiger partial charge in [-0.05, 0) is 37.3 Å². The molecule has 15 heteroatoms. The van der Waals surface area contributed by atoms with Crippen LogP contribution in [0.2, 0.25) is 0 Å². The summed E-state index contributed by atoms with van der Waals surface area (Å²) >= 11 is 0. The number of halogens is 6. The number of carbonyl (C=O) groups is 3. The molecule has 3 rings (SSSR count). The van der Waals surface area contributed by atoms with Crippen molar-refractivity contribution in [2.45, 2.75) is 19.3 Å². The van der Waals surface area contributed by atoms with Crippen LogP contribution in [0.5, 0.6) is 5.75 Å². The van der Waals surface area contributed by atoms with Gasteiger partial charge in [-0.2, -0.15) is 26.3 Å². The van der Waals surface area contributed by atoms with Crippen molar-refractivity contribution >= 4 is 29.2 Å². The Morgan fingerprint density at radius 2 is 1.54 bits per heavy atom. The molecule has 0 spiro atoms. The lowest BCUT2D eigenvalue weighted by Gasteiger charge is -2.12. The number of nitrogens with zero attached hydrogens (tertiary/aromatic N) is 1. The maximum Gasteiger partial charge on any atom is 0.490 e. The normalized spacial score (nSPS) is 11.1. The summed E-state index contributed by atoms with van der Waals surface area (Å²) in [6, 6.07) is 9.92. The number of benzene rings is 2. The minimum Gasteiger partial charge on any atom is -0.497 e. The number of amides is 2. The first-order valence-electron chi connectivity index (χ1n) is 9.82. The van der Waals surface area contributed by atoms with Gasteiger partial charge >= 0.3 is 18.3 Å². The van der Waals surface area contributed by atoms with E-state index in [0.29, 0.717) is 5.76 Å². The number of carboxylic acid groups (broad SMARTS) is 1. The van der Waals surface area contributed by atoms with Crippen molar-refractivity contribution in [1.82, 2.24) is 5.16 Å². The van der Waals surface area contributed by atoms with Gasteiger partial charge in [0.2, 0.25) is 0 Å². The number of aromatic nitrogens is 1. The second-order valence-electron chi connectivity index (χ2n) is 7.06. The van der Waals surface area contributed by atoms with Gasteiger partial charge in [-0.25, -0.2) is 4.79 Å². The zero-order valence-electron chi connectivity index (χ0n) is 18.8. The first-order valence-corrected chi connectivity index (χ1v) is 9.82. The van der Waals surface area contributed by atoms with Crippen LogP contribution < -0.4 is 15.4 Å². The van der Waals surface area contributed by atoms with E-state index in [2.05, 4.69) is 15.8 Å². The Morgan fingerprint density at radius 3 is 2.05 bits per heavy atom. The van der Waals surface area contributed by atoms with E-state index in [9.17, 15) is 35.9 Å². The Labute approximate surface area is 204 Å². The fraction of sp³-hybridized carbons (Fsp3) is 0.182. The monoisotopic (exact) mass is 533 g/mol. The highest BCUT2D eigenvalue weighted by molar-refractivity contribution is 6.07. The summed E-state index contributed by atoms with van der Waals surface area (Å²) in [7, 11) is 1.37. The maximum absolute atomic E-state index is 12.9. The number of nitrogens with one attached hydrogen (secondary N) is 2. The average Bonchev–Trinajstić information content (AvgIpc) is 3.24. The molecule has 1 aromatic heterocycles. The van der Waals surface area contributed by atoms with Gasteiger partial charge in [0.1, 0.15) is 11.5 Å². The van der Waals surface area contributed by atoms with Crippen LogP contribution in [0.3, 0.4) is 0 Å². The van der Waals surface area contributed by atoms with Crippen LogP contribution in [0.4, 0.5) is 37.7 Å². The molecule has 1 heterocycles. The third-order valence-corrected chi connectivity index (χ3v) is 4.21. The van der Waals surface area contributed by atoms with Crippen molar-refractivity contribution in [1.29, 1.82) is 0 Å². The fourth-order valence-corrected chi connectivity index (χ4v) is 2.57.